The van der Waals surface area contributed by atoms with Gasteiger partial charge in [-0.1, -0.05) is 11.6 Å². The molecule has 1 unspecified atom stereocenters. The van der Waals surface area contributed by atoms with Gasteiger partial charge in [-0.25, -0.2) is 0 Å². The van der Waals surface area contributed by atoms with Gasteiger partial charge in [0, 0.05) is 13.2 Å². The zero-order valence-electron chi connectivity index (χ0n) is 6.97. The molecule has 11 heavy (non-hydrogen) atoms. The van der Waals surface area contributed by atoms with E-state index in [1.807, 2.05) is 37.2 Å². The molecule has 0 aromatic heterocycles. The Balaban J connectivity index is 2.80. The Hall–Kier alpha value is -0.630. The Labute approximate surface area is 72.1 Å². The molecule has 0 saturated heterocycles. The molecule has 62 valence electrons. The number of halogens is 1. The van der Waals surface area contributed by atoms with Crippen molar-refractivity contribution in [2.75, 3.05) is 14.2 Å². The number of hydrogen-bond donors (Lipinski definition) is 0. The molecule has 0 fully saturated rings. The van der Waals surface area contributed by atoms with Gasteiger partial charge in [-0.2, -0.15) is 0 Å². The lowest BCUT2D eigenvalue weighted by molar-refractivity contribution is 0.269. The van der Waals surface area contributed by atoms with E-state index in [2.05, 4.69) is 0 Å². The van der Waals surface area contributed by atoms with Gasteiger partial charge in [-0.05, 0) is 19.1 Å². The van der Waals surface area contributed by atoms with E-state index in [-0.39, 0.29) is 0 Å². The Bertz CT molecular complexity index is 208. The fraction of sp³-hybridized carbons (Fsp3) is 0.500. The van der Waals surface area contributed by atoms with Crippen molar-refractivity contribution in [3.05, 3.63) is 24.1 Å². The van der Waals surface area contributed by atoms with Crippen LogP contribution in [-0.4, -0.2) is 24.1 Å². The molecular weight excluding hydrogens is 162 g/mol. The Morgan fingerprint density at radius 2 is 2.27 bits per heavy atom. The lowest BCUT2D eigenvalue weighted by atomic mass is 10.2. The summed E-state index contributed by atoms with van der Waals surface area (Å²) in [6.45, 7) is 1.92. The molecule has 1 heterocycles. The summed E-state index contributed by atoms with van der Waals surface area (Å²) in [6, 6.07) is 0. The summed E-state index contributed by atoms with van der Waals surface area (Å²) in [7, 11) is 3.55. The normalized spacial score (nSPS) is 30.2. The van der Waals surface area contributed by atoms with Gasteiger partial charge in [-0.15, -0.1) is 0 Å². The number of rotatable bonds is 1. The van der Waals surface area contributed by atoms with Crippen molar-refractivity contribution >= 4 is 11.6 Å². The SMILES string of the molecule is COC1=CN(C)C(C)(Cl)C=C1. The van der Waals surface area contributed by atoms with Crippen LogP contribution in [0.4, 0.5) is 0 Å². The van der Waals surface area contributed by atoms with Gasteiger partial charge in [0.25, 0.3) is 0 Å². The first-order valence-electron chi connectivity index (χ1n) is 3.43. The molecule has 1 rings (SSSR count). The van der Waals surface area contributed by atoms with Crippen molar-refractivity contribution in [2.24, 2.45) is 0 Å². The van der Waals surface area contributed by atoms with Crippen molar-refractivity contribution in [3.8, 4) is 0 Å². The third-order valence-electron chi connectivity index (χ3n) is 1.80. The third-order valence-corrected chi connectivity index (χ3v) is 2.19. The van der Waals surface area contributed by atoms with Crippen LogP contribution in [0.15, 0.2) is 24.1 Å². The molecule has 3 heteroatoms. The molecule has 1 aliphatic rings. The van der Waals surface area contributed by atoms with Gasteiger partial charge in [0.05, 0.1) is 7.11 Å². The van der Waals surface area contributed by atoms with E-state index < -0.39 is 5.00 Å². The molecule has 0 N–H and O–H groups in total. The molecule has 0 spiro atoms. The van der Waals surface area contributed by atoms with Gasteiger partial charge in [0.15, 0.2) is 0 Å². The summed E-state index contributed by atoms with van der Waals surface area (Å²) < 4.78 is 5.03. The molecule has 0 aromatic rings. The number of methoxy groups -OCH3 is 1. The van der Waals surface area contributed by atoms with Crippen molar-refractivity contribution in [1.29, 1.82) is 0 Å². The molecule has 0 amide bonds. The summed E-state index contributed by atoms with van der Waals surface area (Å²) >= 11 is 6.08. The third kappa shape index (κ3) is 1.69. The maximum atomic E-state index is 6.08. The van der Waals surface area contributed by atoms with E-state index in [4.69, 9.17) is 16.3 Å². The van der Waals surface area contributed by atoms with E-state index in [1.165, 1.54) is 0 Å². The van der Waals surface area contributed by atoms with E-state index in [9.17, 15) is 0 Å². The van der Waals surface area contributed by atoms with Crippen molar-refractivity contribution in [1.82, 2.24) is 4.90 Å². The van der Waals surface area contributed by atoms with Crippen LogP contribution in [0.5, 0.6) is 0 Å². The van der Waals surface area contributed by atoms with E-state index >= 15 is 0 Å². The summed E-state index contributed by atoms with van der Waals surface area (Å²) in [5.74, 6) is 0.825. The number of hydrogen-bond acceptors (Lipinski definition) is 2. The average Bonchev–Trinajstić information content (AvgIpc) is 1.95. The van der Waals surface area contributed by atoms with E-state index in [1.54, 1.807) is 7.11 Å². The maximum absolute atomic E-state index is 6.08. The minimum Gasteiger partial charge on any atom is -0.495 e. The second-order valence-electron chi connectivity index (χ2n) is 2.70. The zero-order valence-corrected chi connectivity index (χ0v) is 7.72. The highest BCUT2D eigenvalue weighted by Gasteiger charge is 2.23. The predicted octanol–water partition coefficient (Wildman–Crippen LogP) is 1.93. The quantitative estimate of drug-likeness (QED) is 0.444. The molecule has 1 atom stereocenters. The lowest BCUT2D eigenvalue weighted by Crippen LogP contribution is -2.34. The van der Waals surface area contributed by atoms with Crippen LogP contribution in [0.2, 0.25) is 0 Å². The van der Waals surface area contributed by atoms with Crippen LogP contribution in [0, 0.1) is 0 Å². The Kier molecular flexibility index (Phi) is 2.14. The van der Waals surface area contributed by atoms with Crippen LogP contribution in [0.25, 0.3) is 0 Å². The molecule has 0 bridgehead atoms. The van der Waals surface area contributed by atoms with Crippen molar-refractivity contribution in [2.45, 2.75) is 11.9 Å². The Morgan fingerprint density at radius 1 is 1.64 bits per heavy atom. The molecule has 2 nitrogen and oxygen atoms in total. The highest BCUT2D eigenvalue weighted by Crippen LogP contribution is 2.25. The Morgan fingerprint density at radius 3 is 2.73 bits per heavy atom. The second-order valence-corrected chi connectivity index (χ2v) is 3.47. The van der Waals surface area contributed by atoms with Crippen LogP contribution in [-0.2, 0) is 4.74 Å². The van der Waals surface area contributed by atoms with Crippen LogP contribution < -0.4 is 0 Å². The minimum atomic E-state index is -0.415. The van der Waals surface area contributed by atoms with Crippen molar-refractivity contribution in [3.63, 3.8) is 0 Å². The number of nitrogens with zero attached hydrogens (tertiary/aromatic N) is 1. The predicted molar refractivity (Wildman–Crippen MR) is 46.3 cm³/mol. The smallest absolute Gasteiger partial charge is 0.134 e. The first-order chi connectivity index (χ1) is 5.06. The number of likely N-dealkylation sites (N-methyl/N-ethyl adjacent to an activating group) is 1. The van der Waals surface area contributed by atoms with Gasteiger partial charge in [0.1, 0.15) is 10.8 Å². The summed E-state index contributed by atoms with van der Waals surface area (Å²) in [6.07, 6.45) is 5.63. The van der Waals surface area contributed by atoms with E-state index in [0.29, 0.717) is 0 Å². The first-order valence-corrected chi connectivity index (χ1v) is 3.81. The first kappa shape index (κ1) is 8.47. The maximum Gasteiger partial charge on any atom is 0.134 e. The number of ether oxygens (including phenoxy) is 1. The van der Waals surface area contributed by atoms with Gasteiger partial charge >= 0.3 is 0 Å². The van der Waals surface area contributed by atoms with Crippen LogP contribution >= 0.6 is 11.6 Å². The standard InChI is InChI=1S/C8H12ClNO/c1-8(9)5-4-7(11-3)6-10(8)2/h4-6H,1-3H3. The van der Waals surface area contributed by atoms with Gasteiger partial charge < -0.3 is 9.64 Å². The summed E-state index contributed by atoms with van der Waals surface area (Å²) in [5.41, 5.74) is 0. The molecule has 0 radical (unpaired) electrons. The lowest BCUT2D eigenvalue weighted by Gasteiger charge is -2.32. The highest BCUT2D eigenvalue weighted by atomic mass is 35.5. The number of alkyl halides is 1. The fourth-order valence-electron chi connectivity index (χ4n) is 0.833. The summed E-state index contributed by atoms with van der Waals surface area (Å²) in [4.78, 5) is 1.48. The second kappa shape index (κ2) is 2.78. The monoisotopic (exact) mass is 173 g/mol. The molecule has 0 saturated carbocycles. The summed E-state index contributed by atoms with van der Waals surface area (Å²) in [5, 5.41) is 0. The van der Waals surface area contributed by atoms with Gasteiger partial charge in [0.2, 0.25) is 0 Å². The molecule has 0 aliphatic carbocycles. The molecule has 1 aliphatic heterocycles. The fourth-order valence-corrected chi connectivity index (χ4v) is 0.944. The van der Waals surface area contributed by atoms with Crippen LogP contribution in [0.1, 0.15) is 6.92 Å². The number of allylic oxidation sites excluding steroid dienone is 1. The van der Waals surface area contributed by atoms with Gasteiger partial charge in [-0.3, -0.25) is 0 Å². The zero-order chi connectivity index (χ0) is 8.48. The van der Waals surface area contributed by atoms with E-state index in [0.717, 1.165) is 5.76 Å². The topological polar surface area (TPSA) is 12.5 Å². The molecule has 0 aromatic carbocycles. The van der Waals surface area contributed by atoms with Crippen LogP contribution in [0.3, 0.4) is 0 Å². The van der Waals surface area contributed by atoms with Crippen molar-refractivity contribution < 1.29 is 4.74 Å². The minimum absolute atomic E-state index is 0.415. The largest absolute Gasteiger partial charge is 0.495 e. The average molecular weight is 174 g/mol. The molecular formula is C8H12ClNO. The highest BCUT2D eigenvalue weighted by molar-refractivity contribution is 6.24.